The summed E-state index contributed by atoms with van der Waals surface area (Å²) in [6, 6.07) is 15.2. The number of halogens is 1. The third-order valence-electron chi connectivity index (χ3n) is 4.58. The van der Waals surface area contributed by atoms with Gasteiger partial charge in [0, 0.05) is 28.5 Å². The van der Waals surface area contributed by atoms with Crippen LogP contribution in [0.3, 0.4) is 0 Å². The molecule has 1 N–H and O–H groups in total. The quantitative estimate of drug-likeness (QED) is 0.489. The van der Waals surface area contributed by atoms with Crippen LogP contribution >= 0.6 is 11.6 Å². The lowest BCUT2D eigenvalue weighted by atomic mass is 10.1. The highest BCUT2D eigenvalue weighted by Crippen LogP contribution is 2.22. The Kier molecular flexibility index (Phi) is 5.85. The van der Waals surface area contributed by atoms with E-state index in [1.54, 1.807) is 6.07 Å². The number of aromatic hydroxyl groups is 1. The molecule has 28 heavy (non-hydrogen) atoms. The number of carbonyl (C=O) groups is 2. The van der Waals surface area contributed by atoms with Gasteiger partial charge in [0.1, 0.15) is 5.75 Å². The summed E-state index contributed by atoms with van der Waals surface area (Å²) in [6.07, 6.45) is 0. The van der Waals surface area contributed by atoms with Crippen molar-refractivity contribution in [3.8, 4) is 5.75 Å². The molecule has 144 valence electrons. The van der Waals surface area contributed by atoms with Crippen LogP contribution in [0.1, 0.15) is 37.7 Å². The Morgan fingerprint density at radius 2 is 1.82 bits per heavy atom. The number of aromatic nitrogens is 1. The number of nitrogens with zero attached hydrogens (tertiary/aromatic N) is 1. The molecule has 0 aliphatic carbocycles. The van der Waals surface area contributed by atoms with Crippen molar-refractivity contribution in [1.29, 1.82) is 0 Å². The zero-order valence-electron chi connectivity index (χ0n) is 15.6. The number of ether oxygens (including phenoxy) is 1. The van der Waals surface area contributed by atoms with Crippen LogP contribution in [0.5, 0.6) is 5.75 Å². The normalized spacial score (nSPS) is 10.7. The van der Waals surface area contributed by atoms with E-state index < -0.39 is 5.97 Å². The summed E-state index contributed by atoms with van der Waals surface area (Å²) in [5.74, 6) is -0.981. The van der Waals surface area contributed by atoms with Crippen LogP contribution < -0.4 is 0 Å². The van der Waals surface area contributed by atoms with Gasteiger partial charge in [-0.2, -0.15) is 0 Å². The Hall–Kier alpha value is -3.05. The number of Topliss-reactive ketones (excluding diaryl/α,β-unsaturated/α-hetero) is 1. The van der Waals surface area contributed by atoms with Gasteiger partial charge < -0.3 is 14.4 Å². The van der Waals surface area contributed by atoms with Crippen LogP contribution in [0.25, 0.3) is 0 Å². The summed E-state index contributed by atoms with van der Waals surface area (Å²) in [5.41, 5.74) is 3.36. The Morgan fingerprint density at radius 3 is 2.54 bits per heavy atom. The van der Waals surface area contributed by atoms with Gasteiger partial charge in [-0.25, -0.2) is 4.79 Å². The number of esters is 1. The largest absolute Gasteiger partial charge is 0.508 e. The van der Waals surface area contributed by atoms with Crippen LogP contribution in [0.15, 0.2) is 54.6 Å². The first-order valence-electron chi connectivity index (χ1n) is 8.76. The maximum atomic E-state index is 12.6. The molecule has 2 aromatic carbocycles. The van der Waals surface area contributed by atoms with E-state index in [1.807, 2.05) is 42.7 Å². The van der Waals surface area contributed by atoms with Gasteiger partial charge in [-0.15, -0.1) is 0 Å². The first kappa shape index (κ1) is 19.7. The van der Waals surface area contributed by atoms with Crippen LogP contribution in [0, 0.1) is 13.8 Å². The predicted octanol–water partition coefficient (Wildman–Crippen LogP) is 4.55. The van der Waals surface area contributed by atoms with Crippen molar-refractivity contribution in [2.75, 3.05) is 6.61 Å². The smallest absolute Gasteiger partial charge is 0.338 e. The lowest BCUT2D eigenvalue weighted by Crippen LogP contribution is -2.15. The van der Waals surface area contributed by atoms with Crippen LogP contribution in [0.4, 0.5) is 0 Å². The van der Waals surface area contributed by atoms with Gasteiger partial charge in [0.2, 0.25) is 5.78 Å². The lowest BCUT2D eigenvalue weighted by molar-refractivity contribution is 0.0474. The molecule has 3 aromatic rings. The number of benzene rings is 2. The molecule has 6 heteroatoms. The Balaban J connectivity index is 1.72. The van der Waals surface area contributed by atoms with E-state index >= 15 is 0 Å². The first-order valence-corrected chi connectivity index (χ1v) is 9.14. The minimum Gasteiger partial charge on any atom is -0.508 e. The minimum atomic E-state index is -0.658. The second kappa shape index (κ2) is 8.31. The van der Waals surface area contributed by atoms with E-state index in [1.165, 1.54) is 24.3 Å². The topological polar surface area (TPSA) is 68.5 Å². The summed E-state index contributed by atoms with van der Waals surface area (Å²) < 4.78 is 7.12. The zero-order valence-corrected chi connectivity index (χ0v) is 16.4. The molecule has 1 heterocycles. The number of carbonyl (C=O) groups excluding carboxylic acids is 2. The van der Waals surface area contributed by atoms with Gasteiger partial charge in [-0.05, 0) is 49.7 Å². The average Bonchev–Trinajstić information content (AvgIpc) is 2.95. The van der Waals surface area contributed by atoms with Gasteiger partial charge in [0.05, 0.1) is 5.56 Å². The average molecular weight is 398 g/mol. The fourth-order valence-corrected chi connectivity index (χ4v) is 3.24. The van der Waals surface area contributed by atoms with E-state index in [0.29, 0.717) is 17.1 Å². The van der Waals surface area contributed by atoms with Crippen LogP contribution in [-0.2, 0) is 11.3 Å². The Bertz CT molecular complexity index is 1040. The molecular weight excluding hydrogens is 378 g/mol. The third-order valence-corrected chi connectivity index (χ3v) is 4.95. The molecule has 0 aliphatic heterocycles. The summed E-state index contributed by atoms with van der Waals surface area (Å²) in [7, 11) is 0. The van der Waals surface area contributed by atoms with E-state index in [0.717, 1.165) is 17.0 Å². The van der Waals surface area contributed by atoms with Crippen molar-refractivity contribution < 1.29 is 19.4 Å². The lowest BCUT2D eigenvalue weighted by Gasteiger charge is -2.11. The number of ketones is 1. The van der Waals surface area contributed by atoms with Crippen LogP contribution in [0.2, 0.25) is 5.02 Å². The fourth-order valence-electron chi connectivity index (χ4n) is 3.05. The zero-order chi connectivity index (χ0) is 20.3. The molecular formula is C22H20ClNO4. The summed E-state index contributed by atoms with van der Waals surface area (Å²) in [4.78, 5) is 24.7. The minimum absolute atomic E-state index is 0.0381. The van der Waals surface area contributed by atoms with E-state index in [4.69, 9.17) is 16.3 Å². The second-order valence-corrected chi connectivity index (χ2v) is 6.92. The Morgan fingerprint density at radius 1 is 1.07 bits per heavy atom. The third kappa shape index (κ3) is 4.26. The molecule has 0 bridgehead atoms. The van der Waals surface area contributed by atoms with Gasteiger partial charge in [0.15, 0.2) is 6.61 Å². The van der Waals surface area contributed by atoms with Gasteiger partial charge in [-0.1, -0.05) is 35.9 Å². The number of rotatable bonds is 6. The number of phenols is 1. The van der Waals surface area contributed by atoms with Crippen molar-refractivity contribution in [2.45, 2.75) is 20.4 Å². The first-order chi connectivity index (χ1) is 13.4. The van der Waals surface area contributed by atoms with Crippen molar-refractivity contribution in [1.82, 2.24) is 4.57 Å². The number of hydrogen-bond donors (Lipinski definition) is 1. The molecule has 3 rings (SSSR count). The fraction of sp³-hybridized carbons (Fsp3) is 0.182. The van der Waals surface area contributed by atoms with Crippen molar-refractivity contribution in [3.63, 3.8) is 0 Å². The summed E-state index contributed by atoms with van der Waals surface area (Å²) in [5, 5.41) is 10.1. The molecule has 0 atom stereocenters. The summed E-state index contributed by atoms with van der Waals surface area (Å²) >= 11 is 6.25. The number of hydrogen-bond acceptors (Lipinski definition) is 4. The molecule has 0 aliphatic rings. The van der Waals surface area contributed by atoms with Crippen molar-refractivity contribution in [3.05, 3.63) is 87.7 Å². The molecule has 5 nitrogen and oxygen atoms in total. The van der Waals surface area contributed by atoms with E-state index in [-0.39, 0.29) is 23.7 Å². The highest BCUT2D eigenvalue weighted by Gasteiger charge is 2.18. The highest BCUT2D eigenvalue weighted by molar-refractivity contribution is 6.31. The monoisotopic (exact) mass is 397 g/mol. The van der Waals surface area contributed by atoms with E-state index in [9.17, 15) is 14.7 Å². The predicted molar refractivity (Wildman–Crippen MR) is 107 cm³/mol. The molecule has 0 radical (unpaired) electrons. The molecule has 0 unspecified atom stereocenters. The van der Waals surface area contributed by atoms with Gasteiger partial charge >= 0.3 is 5.97 Å². The van der Waals surface area contributed by atoms with Gasteiger partial charge in [0.25, 0.3) is 0 Å². The molecule has 0 saturated carbocycles. The number of aryl methyl sites for hydroxylation is 1. The SMILES string of the molecule is Cc1cc(C(=O)COC(=O)c2cccc(O)c2)c(C)n1Cc1ccccc1Cl. The molecule has 1 aromatic heterocycles. The van der Waals surface area contributed by atoms with E-state index in [2.05, 4.69) is 0 Å². The molecule has 0 fully saturated rings. The maximum Gasteiger partial charge on any atom is 0.338 e. The molecule has 0 amide bonds. The Labute approximate surface area is 168 Å². The maximum absolute atomic E-state index is 12.6. The second-order valence-electron chi connectivity index (χ2n) is 6.51. The highest BCUT2D eigenvalue weighted by atomic mass is 35.5. The standard InChI is InChI=1S/C22H20ClNO4/c1-14-10-19(15(2)24(14)12-17-6-3-4-9-20(17)23)21(26)13-28-22(27)16-7-5-8-18(25)11-16/h3-11,25H,12-13H2,1-2H3. The molecule has 0 spiro atoms. The summed E-state index contributed by atoms with van der Waals surface area (Å²) in [6.45, 7) is 3.95. The number of phenolic OH excluding ortho intramolecular Hbond substituents is 1. The van der Waals surface area contributed by atoms with Crippen molar-refractivity contribution in [2.24, 2.45) is 0 Å². The van der Waals surface area contributed by atoms with Crippen molar-refractivity contribution >= 4 is 23.4 Å². The molecule has 0 saturated heterocycles. The van der Waals surface area contributed by atoms with Gasteiger partial charge in [-0.3, -0.25) is 4.79 Å². The van der Waals surface area contributed by atoms with Crippen LogP contribution in [-0.4, -0.2) is 28.0 Å².